The van der Waals surface area contributed by atoms with Crippen molar-refractivity contribution in [1.82, 2.24) is 10.3 Å². The minimum Gasteiger partial charge on any atom is -0.444 e. The fourth-order valence-electron chi connectivity index (χ4n) is 4.21. The Morgan fingerprint density at radius 2 is 1.76 bits per heavy atom. The maximum atomic E-state index is 13.3. The highest BCUT2D eigenvalue weighted by molar-refractivity contribution is 6.31. The van der Waals surface area contributed by atoms with Crippen molar-refractivity contribution in [3.05, 3.63) is 101 Å². The molecule has 1 heterocycles. The predicted molar refractivity (Wildman–Crippen MR) is 150 cm³/mol. The predicted octanol–water partition coefficient (Wildman–Crippen LogP) is 6.49. The summed E-state index contributed by atoms with van der Waals surface area (Å²) >= 11 is 6.24. The van der Waals surface area contributed by atoms with Crippen molar-refractivity contribution < 1.29 is 14.3 Å². The van der Waals surface area contributed by atoms with Gasteiger partial charge in [0.25, 0.3) is 0 Å². The third-order valence-electron chi connectivity index (χ3n) is 5.93. The molecule has 38 heavy (non-hydrogen) atoms. The summed E-state index contributed by atoms with van der Waals surface area (Å²) in [6.45, 7) is 5.32. The number of carbonyl (C=O) groups is 2. The van der Waals surface area contributed by atoms with Crippen molar-refractivity contribution in [2.75, 3.05) is 5.32 Å². The van der Waals surface area contributed by atoms with Gasteiger partial charge in [0.15, 0.2) is 5.78 Å². The number of para-hydroxylation sites is 1. The molecule has 194 valence electrons. The van der Waals surface area contributed by atoms with E-state index in [-0.39, 0.29) is 5.78 Å². The number of hydrogen-bond acceptors (Lipinski definition) is 5. The van der Waals surface area contributed by atoms with Crippen LogP contribution in [0.5, 0.6) is 0 Å². The number of nitriles is 1. The highest BCUT2D eigenvalue weighted by atomic mass is 35.5. The Morgan fingerprint density at radius 1 is 1.05 bits per heavy atom. The van der Waals surface area contributed by atoms with Gasteiger partial charge < -0.3 is 20.4 Å². The highest BCUT2D eigenvalue weighted by Gasteiger charge is 2.28. The monoisotopic (exact) mass is 528 g/mol. The van der Waals surface area contributed by atoms with Gasteiger partial charge >= 0.3 is 6.09 Å². The van der Waals surface area contributed by atoms with Crippen LogP contribution in [0, 0.1) is 11.3 Å². The van der Waals surface area contributed by atoms with Gasteiger partial charge in [0.2, 0.25) is 0 Å². The minimum atomic E-state index is -0.903. The van der Waals surface area contributed by atoms with E-state index in [9.17, 15) is 14.9 Å². The molecule has 0 fully saturated rings. The van der Waals surface area contributed by atoms with E-state index in [0.717, 1.165) is 16.5 Å². The molecule has 0 aliphatic rings. The van der Waals surface area contributed by atoms with Crippen molar-refractivity contribution in [1.29, 1.82) is 5.26 Å². The third kappa shape index (κ3) is 6.53. The molecule has 0 saturated carbocycles. The van der Waals surface area contributed by atoms with Crippen LogP contribution in [-0.4, -0.2) is 34.5 Å². The summed E-state index contributed by atoms with van der Waals surface area (Å²) in [6.07, 6.45) is 1.57. The van der Waals surface area contributed by atoms with Crippen molar-refractivity contribution in [2.24, 2.45) is 0 Å². The molecular weight excluding hydrogens is 500 g/mol. The molecule has 2 atom stereocenters. The Bertz CT molecular complexity index is 1480. The van der Waals surface area contributed by atoms with Gasteiger partial charge in [-0.25, -0.2) is 4.79 Å². The lowest BCUT2D eigenvalue weighted by atomic mass is 9.97. The number of amides is 1. The average molecular weight is 529 g/mol. The van der Waals surface area contributed by atoms with E-state index in [1.165, 1.54) is 0 Å². The number of halogens is 1. The molecule has 1 amide bonds. The first kappa shape index (κ1) is 26.8. The fourth-order valence-corrected chi connectivity index (χ4v) is 4.39. The normalized spacial score (nSPS) is 12.8. The van der Waals surface area contributed by atoms with Gasteiger partial charge in [0.05, 0.1) is 12.1 Å². The van der Waals surface area contributed by atoms with Gasteiger partial charge in [0.1, 0.15) is 11.6 Å². The summed E-state index contributed by atoms with van der Waals surface area (Å²) in [6, 6.07) is 22.2. The van der Waals surface area contributed by atoms with Crippen molar-refractivity contribution >= 4 is 40.1 Å². The van der Waals surface area contributed by atoms with E-state index >= 15 is 0 Å². The fraction of sp³-hybridized carbons (Fsp3) is 0.233. The molecule has 4 aromatic rings. The zero-order valence-corrected chi connectivity index (χ0v) is 22.2. The van der Waals surface area contributed by atoms with Gasteiger partial charge in [-0.05, 0) is 57.0 Å². The first-order chi connectivity index (χ1) is 18.1. The number of benzene rings is 3. The van der Waals surface area contributed by atoms with Gasteiger partial charge in [-0.3, -0.25) is 4.79 Å². The van der Waals surface area contributed by atoms with Gasteiger partial charge in [-0.1, -0.05) is 60.1 Å². The number of aromatic nitrogens is 1. The molecule has 4 rings (SSSR count). The lowest BCUT2D eigenvalue weighted by Gasteiger charge is -2.27. The van der Waals surface area contributed by atoms with E-state index in [1.54, 1.807) is 63.2 Å². The van der Waals surface area contributed by atoms with Crippen molar-refractivity contribution in [3.63, 3.8) is 0 Å². The van der Waals surface area contributed by atoms with Crippen LogP contribution in [-0.2, 0) is 11.2 Å². The van der Waals surface area contributed by atoms with Gasteiger partial charge in [0, 0.05) is 38.9 Å². The molecule has 0 bridgehead atoms. The second-order valence-electron chi connectivity index (χ2n) is 9.95. The van der Waals surface area contributed by atoms with Crippen LogP contribution in [0.3, 0.4) is 0 Å². The number of rotatable bonds is 8. The molecule has 8 heteroatoms. The number of H-pyrrole nitrogens is 1. The molecule has 1 aromatic heterocycles. The van der Waals surface area contributed by atoms with Crippen LogP contribution in [0.15, 0.2) is 79.0 Å². The van der Waals surface area contributed by atoms with Crippen LogP contribution in [0.25, 0.3) is 10.9 Å². The largest absolute Gasteiger partial charge is 0.444 e. The summed E-state index contributed by atoms with van der Waals surface area (Å²) < 4.78 is 5.49. The number of nitrogens with one attached hydrogen (secondary N) is 3. The maximum absolute atomic E-state index is 13.3. The first-order valence-corrected chi connectivity index (χ1v) is 12.6. The molecule has 7 nitrogen and oxygen atoms in total. The second kappa shape index (κ2) is 11.4. The van der Waals surface area contributed by atoms with Crippen molar-refractivity contribution in [3.8, 4) is 6.07 Å². The van der Waals surface area contributed by atoms with E-state index in [1.807, 2.05) is 36.5 Å². The number of carbonyl (C=O) groups excluding carboxylic acids is 2. The van der Waals surface area contributed by atoms with Crippen LogP contribution in [0.4, 0.5) is 10.5 Å². The number of alkyl carbamates (subject to hydrolysis) is 1. The van der Waals surface area contributed by atoms with Crippen LogP contribution in [0.2, 0.25) is 5.02 Å². The Morgan fingerprint density at radius 3 is 2.47 bits per heavy atom. The highest BCUT2D eigenvalue weighted by Crippen LogP contribution is 2.26. The van der Waals surface area contributed by atoms with Crippen LogP contribution in [0.1, 0.15) is 42.3 Å². The van der Waals surface area contributed by atoms with Crippen LogP contribution >= 0.6 is 11.6 Å². The standard InChI is InChI=1S/C30H29ClN4O3/c1-30(2,3)38-29(37)35-26(15-20-18-33-24-12-8-7-11-22(20)24)27(17-32)34-25-14-13-21(31)16-23(25)28(36)19-9-5-4-6-10-19/h4-14,16,18,26-27,33-34H,15H2,1-3H3,(H,35,37)/t26-,27?/m0/s1. The maximum Gasteiger partial charge on any atom is 0.407 e. The topological polar surface area (TPSA) is 107 Å². The molecule has 0 spiro atoms. The molecular formula is C30H29ClN4O3. The van der Waals surface area contributed by atoms with Gasteiger partial charge in [-0.15, -0.1) is 0 Å². The number of anilines is 1. The zero-order valence-electron chi connectivity index (χ0n) is 21.4. The van der Waals surface area contributed by atoms with E-state index in [0.29, 0.717) is 28.3 Å². The van der Waals surface area contributed by atoms with E-state index in [2.05, 4.69) is 21.7 Å². The molecule has 3 N–H and O–H groups in total. The summed E-state index contributed by atoms with van der Waals surface area (Å²) in [7, 11) is 0. The summed E-state index contributed by atoms with van der Waals surface area (Å²) in [5, 5.41) is 17.7. The lowest BCUT2D eigenvalue weighted by molar-refractivity contribution is 0.0502. The number of aromatic amines is 1. The number of hydrogen-bond donors (Lipinski definition) is 3. The Hall–Kier alpha value is -4.28. The molecule has 0 saturated heterocycles. The van der Waals surface area contributed by atoms with Crippen LogP contribution < -0.4 is 10.6 Å². The average Bonchev–Trinajstić information content (AvgIpc) is 3.29. The number of ether oxygens (including phenoxy) is 1. The number of fused-ring (bicyclic) bond motifs is 1. The summed E-state index contributed by atoms with van der Waals surface area (Å²) in [5.74, 6) is -0.236. The second-order valence-corrected chi connectivity index (χ2v) is 10.4. The molecule has 0 aliphatic carbocycles. The van der Waals surface area contributed by atoms with E-state index < -0.39 is 23.8 Å². The lowest BCUT2D eigenvalue weighted by Crippen LogP contribution is -2.49. The number of ketones is 1. The Labute approximate surface area is 226 Å². The third-order valence-corrected chi connectivity index (χ3v) is 6.17. The minimum absolute atomic E-state index is 0.236. The first-order valence-electron chi connectivity index (χ1n) is 12.2. The molecule has 1 unspecified atom stereocenters. The quantitative estimate of drug-likeness (QED) is 0.226. The van der Waals surface area contributed by atoms with E-state index in [4.69, 9.17) is 16.3 Å². The Kier molecular flexibility index (Phi) is 8.04. The smallest absolute Gasteiger partial charge is 0.407 e. The number of nitrogens with zero attached hydrogens (tertiary/aromatic N) is 1. The SMILES string of the molecule is CC(C)(C)OC(=O)N[C@@H](Cc1c[nH]c2ccccc12)C(C#N)Nc1ccc(Cl)cc1C(=O)c1ccccc1. The summed E-state index contributed by atoms with van der Waals surface area (Å²) in [4.78, 5) is 29.3. The summed E-state index contributed by atoms with van der Waals surface area (Å²) in [5.41, 5.74) is 2.43. The zero-order chi connectivity index (χ0) is 27.3. The molecule has 3 aromatic carbocycles. The van der Waals surface area contributed by atoms with Gasteiger partial charge in [-0.2, -0.15) is 5.26 Å². The van der Waals surface area contributed by atoms with Crippen molar-refractivity contribution in [2.45, 2.75) is 44.9 Å². The molecule has 0 aliphatic heterocycles. The Balaban J connectivity index is 1.67. The molecule has 0 radical (unpaired) electrons.